The number of likely N-dealkylation sites (N-methyl/N-ethyl adjacent to an activating group) is 1. The summed E-state index contributed by atoms with van der Waals surface area (Å²) in [7, 11) is 6.36. The van der Waals surface area contributed by atoms with E-state index < -0.39 is 0 Å². The second-order valence-electron chi connectivity index (χ2n) is 7.10. The molecule has 120 valence electrons. The summed E-state index contributed by atoms with van der Waals surface area (Å²) in [6.07, 6.45) is 5.99. The number of benzene rings is 1. The molecule has 2 N–H and O–H groups in total. The lowest BCUT2D eigenvalue weighted by atomic mass is 9.79. The Labute approximate surface area is 133 Å². The first-order chi connectivity index (χ1) is 10.5. The van der Waals surface area contributed by atoms with Gasteiger partial charge in [0.2, 0.25) is 0 Å². The van der Waals surface area contributed by atoms with Crippen molar-refractivity contribution in [2.45, 2.75) is 50.2 Å². The number of nitrogens with two attached hydrogens (primary N) is 1. The van der Waals surface area contributed by atoms with Gasteiger partial charge in [0.05, 0.1) is 6.04 Å². The molecule has 0 radical (unpaired) electrons. The normalized spacial score (nSPS) is 28.8. The topological polar surface area (TPSA) is 49.6 Å². The van der Waals surface area contributed by atoms with E-state index in [0.717, 1.165) is 24.1 Å². The number of rotatable bonds is 3. The standard InChI is InChI=1S/C18H27N3O/c1-20(2)13-6-4-12(5-7-13)14-8-9-16(19)18-15(14)10-21(3)17(18)11-22/h8-9,11-13,17H,4-7,10,19H2,1-3H3. The molecule has 4 nitrogen and oxygen atoms in total. The molecule has 1 fully saturated rings. The van der Waals surface area contributed by atoms with E-state index in [2.05, 4.69) is 30.0 Å². The molecule has 0 aromatic heterocycles. The highest BCUT2D eigenvalue weighted by Crippen LogP contribution is 2.43. The van der Waals surface area contributed by atoms with E-state index in [0.29, 0.717) is 12.0 Å². The number of hydrogen-bond donors (Lipinski definition) is 1. The van der Waals surface area contributed by atoms with Crippen LogP contribution < -0.4 is 5.73 Å². The molecule has 2 aliphatic rings. The minimum atomic E-state index is -0.173. The van der Waals surface area contributed by atoms with Crippen LogP contribution in [0.3, 0.4) is 0 Å². The Morgan fingerprint density at radius 2 is 1.91 bits per heavy atom. The Morgan fingerprint density at radius 1 is 1.23 bits per heavy atom. The molecule has 1 aromatic carbocycles. The summed E-state index contributed by atoms with van der Waals surface area (Å²) in [5.41, 5.74) is 10.7. The van der Waals surface area contributed by atoms with Gasteiger partial charge in [-0.15, -0.1) is 0 Å². The van der Waals surface area contributed by atoms with Crippen LogP contribution in [-0.2, 0) is 11.3 Å². The molecule has 1 saturated carbocycles. The van der Waals surface area contributed by atoms with Crippen molar-refractivity contribution in [1.82, 2.24) is 9.80 Å². The summed E-state index contributed by atoms with van der Waals surface area (Å²) in [5.74, 6) is 0.615. The molecule has 3 rings (SSSR count). The predicted octanol–water partition coefficient (Wildman–Crippen LogP) is 2.54. The van der Waals surface area contributed by atoms with Crippen molar-refractivity contribution >= 4 is 12.0 Å². The number of carbonyl (C=O) groups is 1. The van der Waals surface area contributed by atoms with Gasteiger partial charge in [-0.1, -0.05) is 6.07 Å². The average Bonchev–Trinajstić information content (AvgIpc) is 2.85. The van der Waals surface area contributed by atoms with Crippen LogP contribution in [0.15, 0.2) is 12.1 Å². The second-order valence-corrected chi connectivity index (χ2v) is 7.10. The van der Waals surface area contributed by atoms with Crippen LogP contribution in [0.4, 0.5) is 5.69 Å². The number of fused-ring (bicyclic) bond motifs is 1. The summed E-state index contributed by atoms with van der Waals surface area (Å²) in [5, 5.41) is 0. The lowest BCUT2D eigenvalue weighted by Gasteiger charge is -2.33. The van der Waals surface area contributed by atoms with Gasteiger partial charge in [0.1, 0.15) is 6.29 Å². The lowest BCUT2D eigenvalue weighted by molar-refractivity contribution is -0.111. The summed E-state index contributed by atoms with van der Waals surface area (Å²) in [4.78, 5) is 15.9. The summed E-state index contributed by atoms with van der Waals surface area (Å²) in [6, 6.07) is 4.74. The maximum Gasteiger partial charge on any atom is 0.141 e. The molecular weight excluding hydrogens is 274 g/mol. The van der Waals surface area contributed by atoms with E-state index in [1.807, 2.05) is 13.1 Å². The van der Waals surface area contributed by atoms with E-state index in [1.54, 1.807) is 0 Å². The maximum absolute atomic E-state index is 11.4. The third-order valence-corrected chi connectivity index (χ3v) is 5.60. The predicted molar refractivity (Wildman–Crippen MR) is 89.8 cm³/mol. The van der Waals surface area contributed by atoms with Crippen molar-refractivity contribution in [3.05, 3.63) is 28.8 Å². The molecule has 1 aliphatic carbocycles. The smallest absolute Gasteiger partial charge is 0.141 e. The number of hydrogen-bond acceptors (Lipinski definition) is 4. The van der Waals surface area contributed by atoms with Crippen molar-refractivity contribution in [2.75, 3.05) is 26.9 Å². The SMILES string of the molecule is CN(C)C1CCC(c2ccc(N)c3c2CN(C)C3C=O)CC1. The highest BCUT2D eigenvalue weighted by atomic mass is 16.1. The molecule has 0 bridgehead atoms. The van der Waals surface area contributed by atoms with E-state index in [4.69, 9.17) is 5.73 Å². The summed E-state index contributed by atoms with van der Waals surface area (Å²) in [6.45, 7) is 0.840. The van der Waals surface area contributed by atoms with Crippen molar-refractivity contribution < 1.29 is 4.79 Å². The van der Waals surface area contributed by atoms with Gasteiger partial charge in [-0.05, 0) is 69.9 Å². The van der Waals surface area contributed by atoms with Gasteiger partial charge in [0.15, 0.2) is 0 Å². The van der Waals surface area contributed by atoms with Crippen molar-refractivity contribution in [3.8, 4) is 0 Å². The van der Waals surface area contributed by atoms with Gasteiger partial charge in [-0.25, -0.2) is 0 Å². The largest absolute Gasteiger partial charge is 0.398 e. The van der Waals surface area contributed by atoms with E-state index >= 15 is 0 Å². The quantitative estimate of drug-likeness (QED) is 0.688. The zero-order valence-corrected chi connectivity index (χ0v) is 13.9. The Kier molecular flexibility index (Phi) is 4.24. The summed E-state index contributed by atoms with van der Waals surface area (Å²) >= 11 is 0. The third kappa shape index (κ3) is 2.55. The van der Waals surface area contributed by atoms with Crippen LogP contribution >= 0.6 is 0 Å². The molecule has 0 saturated heterocycles. The molecule has 0 amide bonds. The van der Waals surface area contributed by atoms with E-state index in [9.17, 15) is 4.79 Å². The molecule has 1 aromatic rings. The highest BCUT2D eigenvalue weighted by molar-refractivity contribution is 5.71. The van der Waals surface area contributed by atoms with Crippen LogP contribution in [-0.4, -0.2) is 43.3 Å². The monoisotopic (exact) mass is 301 g/mol. The fraction of sp³-hybridized carbons (Fsp3) is 0.611. The van der Waals surface area contributed by atoms with Gasteiger partial charge in [0, 0.05) is 23.8 Å². The van der Waals surface area contributed by atoms with Gasteiger partial charge in [-0.3, -0.25) is 4.90 Å². The number of carbonyl (C=O) groups excluding carboxylic acids is 1. The Hall–Kier alpha value is -1.39. The van der Waals surface area contributed by atoms with Gasteiger partial charge < -0.3 is 15.4 Å². The number of nitrogen functional groups attached to an aromatic ring is 1. The van der Waals surface area contributed by atoms with Crippen molar-refractivity contribution in [3.63, 3.8) is 0 Å². The Bertz CT molecular complexity index is 562. The Morgan fingerprint density at radius 3 is 2.50 bits per heavy atom. The fourth-order valence-electron chi connectivity index (χ4n) is 4.25. The van der Waals surface area contributed by atoms with Gasteiger partial charge >= 0.3 is 0 Å². The molecule has 22 heavy (non-hydrogen) atoms. The second kappa shape index (κ2) is 6.01. The molecule has 1 aliphatic heterocycles. The fourth-order valence-corrected chi connectivity index (χ4v) is 4.25. The van der Waals surface area contributed by atoms with Crippen molar-refractivity contribution in [1.29, 1.82) is 0 Å². The van der Waals surface area contributed by atoms with Crippen LogP contribution in [0.2, 0.25) is 0 Å². The minimum Gasteiger partial charge on any atom is -0.398 e. The van der Waals surface area contributed by atoms with E-state index in [1.165, 1.54) is 36.8 Å². The van der Waals surface area contributed by atoms with E-state index in [-0.39, 0.29) is 6.04 Å². The first kappa shape index (κ1) is 15.5. The Balaban J connectivity index is 1.88. The van der Waals surface area contributed by atoms with Crippen molar-refractivity contribution in [2.24, 2.45) is 0 Å². The minimum absolute atomic E-state index is 0.173. The zero-order chi connectivity index (χ0) is 15.9. The highest BCUT2D eigenvalue weighted by Gasteiger charge is 2.33. The molecular formula is C18H27N3O. The van der Waals surface area contributed by atoms with Crippen LogP contribution in [0.5, 0.6) is 0 Å². The van der Waals surface area contributed by atoms with Gasteiger partial charge in [0.25, 0.3) is 0 Å². The van der Waals surface area contributed by atoms with Gasteiger partial charge in [-0.2, -0.15) is 0 Å². The van der Waals surface area contributed by atoms with Crippen LogP contribution in [0, 0.1) is 0 Å². The lowest BCUT2D eigenvalue weighted by Crippen LogP contribution is -2.31. The van der Waals surface area contributed by atoms with Crippen LogP contribution in [0.25, 0.3) is 0 Å². The first-order valence-corrected chi connectivity index (χ1v) is 8.26. The molecule has 1 unspecified atom stereocenters. The molecule has 4 heteroatoms. The number of anilines is 1. The first-order valence-electron chi connectivity index (χ1n) is 8.26. The molecule has 1 heterocycles. The maximum atomic E-state index is 11.4. The van der Waals surface area contributed by atoms with Crippen LogP contribution in [0.1, 0.15) is 54.3 Å². The number of aldehydes is 1. The molecule has 1 atom stereocenters. The molecule has 0 spiro atoms. The summed E-state index contributed by atoms with van der Waals surface area (Å²) < 4.78 is 0. The number of nitrogens with zero attached hydrogens (tertiary/aromatic N) is 2. The average molecular weight is 301 g/mol. The zero-order valence-electron chi connectivity index (χ0n) is 13.9. The third-order valence-electron chi connectivity index (χ3n) is 5.60.